The van der Waals surface area contributed by atoms with Gasteiger partial charge in [-0.3, -0.25) is 0 Å². The van der Waals surface area contributed by atoms with Crippen LogP contribution >= 0.6 is 0 Å². The molecule has 0 aliphatic heterocycles. The van der Waals surface area contributed by atoms with Crippen molar-refractivity contribution in [1.29, 1.82) is 0 Å². The lowest BCUT2D eigenvalue weighted by atomic mass is 9.99. The molecule has 0 amide bonds. The minimum atomic E-state index is -1.33. The molecule has 0 saturated carbocycles. The fourth-order valence-electron chi connectivity index (χ4n) is 3.61. The molecule has 3 aromatic rings. The molecule has 0 bridgehead atoms. The first-order valence-electron chi connectivity index (χ1n) is 11.0. The van der Waals surface area contributed by atoms with Gasteiger partial charge >= 0.3 is 0 Å². The van der Waals surface area contributed by atoms with Gasteiger partial charge < -0.3 is 0 Å². The molecule has 0 aromatic heterocycles. The van der Waals surface area contributed by atoms with E-state index in [1.54, 1.807) is 6.08 Å². The zero-order chi connectivity index (χ0) is 24.7. The number of benzene rings is 3. The Morgan fingerprint density at radius 2 is 1.56 bits per heavy atom. The van der Waals surface area contributed by atoms with Crippen LogP contribution in [-0.2, 0) is 12.8 Å². The second kappa shape index (κ2) is 11.6. The highest BCUT2D eigenvalue weighted by atomic mass is 19.2. The molecule has 0 aliphatic rings. The number of aryl methyl sites for hydroxylation is 2. The van der Waals surface area contributed by atoms with Gasteiger partial charge in [0.15, 0.2) is 23.3 Å². The quantitative estimate of drug-likeness (QED) is 0.167. The van der Waals surface area contributed by atoms with Crippen molar-refractivity contribution in [1.82, 2.24) is 0 Å². The van der Waals surface area contributed by atoms with E-state index >= 15 is 0 Å². The summed E-state index contributed by atoms with van der Waals surface area (Å²) >= 11 is 0. The van der Waals surface area contributed by atoms with Gasteiger partial charge in [-0.05, 0) is 61.4 Å². The van der Waals surface area contributed by atoms with Crippen LogP contribution in [0.4, 0.5) is 22.0 Å². The predicted octanol–water partition coefficient (Wildman–Crippen LogP) is 9.16. The summed E-state index contributed by atoms with van der Waals surface area (Å²) in [5, 5.41) is 0. The minimum absolute atomic E-state index is 0.0184. The summed E-state index contributed by atoms with van der Waals surface area (Å²) in [6.07, 6.45) is 7.55. The lowest BCUT2D eigenvalue weighted by Crippen LogP contribution is -1.97. The standard InChI is InChI=1S/C29H25F5/c1-3-5-7-9-21-15-17-23(28(33)26(21)31)20-11-13-22(14-12-20)27(32)29(34)24-16-10-19(8-6-4-2)18-25(24)30/h3-5,10-18H,2,6-9H2,1H3/b5-3+,29-27+. The van der Waals surface area contributed by atoms with Gasteiger partial charge in [0.05, 0.1) is 0 Å². The fraction of sp³-hybridized carbons (Fsp3) is 0.172. The van der Waals surface area contributed by atoms with E-state index in [2.05, 4.69) is 6.58 Å². The van der Waals surface area contributed by atoms with Crippen LogP contribution in [0.3, 0.4) is 0 Å². The van der Waals surface area contributed by atoms with Crippen molar-refractivity contribution >= 4 is 11.7 Å². The SMILES string of the molecule is C=CCCc1ccc(/C(F)=C(\F)c2ccc(-c3ccc(CC/C=C/C)c(F)c3F)cc2)c(F)c1. The Bertz CT molecular complexity index is 1220. The molecule has 0 atom stereocenters. The molecule has 0 nitrogen and oxygen atoms in total. The molecular formula is C29H25F5. The Morgan fingerprint density at radius 3 is 2.21 bits per heavy atom. The molecule has 0 N–H and O–H groups in total. The van der Waals surface area contributed by atoms with Crippen LogP contribution in [0.1, 0.15) is 42.0 Å². The number of rotatable bonds is 9. The Hall–Kier alpha value is -3.47. The van der Waals surface area contributed by atoms with Crippen molar-refractivity contribution in [2.75, 3.05) is 0 Å². The topological polar surface area (TPSA) is 0 Å². The zero-order valence-corrected chi connectivity index (χ0v) is 18.9. The third kappa shape index (κ3) is 5.71. The van der Waals surface area contributed by atoms with Crippen molar-refractivity contribution in [2.45, 2.75) is 32.6 Å². The molecule has 0 spiro atoms. The van der Waals surface area contributed by atoms with Gasteiger partial charge in [0.2, 0.25) is 0 Å². The predicted molar refractivity (Wildman–Crippen MR) is 129 cm³/mol. The maximum atomic E-state index is 14.8. The van der Waals surface area contributed by atoms with Gasteiger partial charge in [-0.1, -0.05) is 60.7 Å². The van der Waals surface area contributed by atoms with Crippen LogP contribution < -0.4 is 0 Å². The summed E-state index contributed by atoms with van der Waals surface area (Å²) in [6, 6.07) is 12.1. The lowest BCUT2D eigenvalue weighted by Gasteiger charge is -2.10. The van der Waals surface area contributed by atoms with Crippen LogP contribution in [-0.4, -0.2) is 0 Å². The maximum Gasteiger partial charge on any atom is 0.169 e. The average Bonchev–Trinajstić information content (AvgIpc) is 2.85. The van der Waals surface area contributed by atoms with Crippen molar-refractivity contribution in [3.8, 4) is 11.1 Å². The van der Waals surface area contributed by atoms with E-state index < -0.39 is 34.7 Å². The molecule has 3 aromatic carbocycles. The van der Waals surface area contributed by atoms with Crippen LogP contribution in [0.2, 0.25) is 0 Å². The highest BCUT2D eigenvalue weighted by Gasteiger charge is 2.18. The van der Waals surface area contributed by atoms with Crippen molar-refractivity contribution in [2.24, 2.45) is 0 Å². The van der Waals surface area contributed by atoms with Gasteiger partial charge in [0.25, 0.3) is 0 Å². The van der Waals surface area contributed by atoms with E-state index in [9.17, 15) is 22.0 Å². The summed E-state index contributed by atoms with van der Waals surface area (Å²) in [5.74, 6) is -5.35. The normalized spacial score (nSPS) is 12.2. The van der Waals surface area contributed by atoms with Gasteiger partial charge in [0, 0.05) is 16.7 Å². The average molecular weight is 469 g/mol. The molecular weight excluding hydrogens is 443 g/mol. The summed E-state index contributed by atoms with van der Waals surface area (Å²) < 4.78 is 72.9. The van der Waals surface area contributed by atoms with Crippen molar-refractivity contribution in [3.63, 3.8) is 0 Å². The van der Waals surface area contributed by atoms with E-state index in [-0.39, 0.29) is 16.7 Å². The molecule has 0 heterocycles. The van der Waals surface area contributed by atoms with Crippen LogP contribution in [0.15, 0.2) is 79.4 Å². The minimum Gasteiger partial charge on any atom is -0.206 e. The number of hydrogen-bond donors (Lipinski definition) is 0. The second-order valence-electron chi connectivity index (χ2n) is 7.85. The Morgan fingerprint density at radius 1 is 0.824 bits per heavy atom. The van der Waals surface area contributed by atoms with Gasteiger partial charge in [0.1, 0.15) is 5.82 Å². The molecule has 3 rings (SSSR count). The van der Waals surface area contributed by atoms with Gasteiger partial charge in [-0.2, -0.15) is 0 Å². The third-order valence-electron chi connectivity index (χ3n) is 5.53. The van der Waals surface area contributed by atoms with E-state index in [0.29, 0.717) is 36.8 Å². The number of hydrogen-bond acceptors (Lipinski definition) is 0. The van der Waals surface area contributed by atoms with Crippen molar-refractivity contribution in [3.05, 3.63) is 119 Å². The van der Waals surface area contributed by atoms with E-state index in [0.717, 1.165) is 0 Å². The van der Waals surface area contributed by atoms with Crippen molar-refractivity contribution < 1.29 is 22.0 Å². The highest BCUT2D eigenvalue weighted by Crippen LogP contribution is 2.33. The zero-order valence-electron chi connectivity index (χ0n) is 18.9. The first-order valence-corrected chi connectivity index (χ1v) is 11.0. The molecule has 0 saturated heterocycles. The summed E-state index contributed by atoms with van der Waals surface area (Å²) in [7, 11) is 0. The van der Waals surface area contributed by atoms with Gasteiger partial charge in [-0.15, -0.1) is 6.58 Å². The summed E-state index contributed by atoms with van der Waals surface area (Å²) in [6.45, 7) is 5.45. The second-order valence-corrected chi connectivity index (χ2v) is 7.85. The lowest BCUT2D eigenvalue weighted by molar-refractivity contribution is 0.501. The number of halogens is 5. The largest absolute Gasteiger partial charge is 0.206 e. The molecule has 0 aliphatic carbocycles. The van der Waals surface area contributed by atoms with Crippen LogP contribution in [0, 0.1) is 17.5 Å². The smallest absolute Gasteiger partial charge is 0.169 e. The summed E-state index contributed by atoms with van der Waals surface area (Å²) in [4.78, 5) is 0. The van der Waals surface area contributed by atoms with E-state index in [1.165, 1.54) is 54.6 Å². The fourth-order valence-corrected chi connectivity index (χ4v) is 3.61. The van der Waals surface area contributed by atoms with E-state index in [1.807, 2.05) is 19.1 Å². The Labute approximate surface area is 196 Å². The molecule has 176 valence electrons. The molecule has 0 radical (unpaired) electrons. The summed E-state index contributed by atoms with van der Waals surface area (Å²) in [5.41, 5.74) is 0.632. The van der Waals surface area contributed by atoms with Gasteiger partial charge in [-0.25, -0.2) is 22.0 Å². The van der Waals surface area contributed by atoms with Crippen LogP contribution in [0.25, 0.3) is 22.8 Å². The molecule has 0 unspecified atom stereocenters. The first-order chi connectivity index (χ1) is 16.4. The third-order valence-corrected chi connectivity index (χ3v) is 5.53. The Balaban J connectivity index is 1.86. The molecule has 5 heteroatoms. The van der Waals surface area contributed by atoms with E-state index in [4.69, 9.17) is 0 Å². The van der Waals surface area contributed by atoms with Crippen LogP contribution in [0.5, 0.6) is 0 Å². The molecule has 34 heavy (non-hydrogen) atoms. The monoisotopic (exact) mass is 468 g/mol. The number of allylic oxidation sites excluding steroid dienone is 3. The Kier molecular flexibility index (Phi) is 8.58. The molecule has 0 fully saturated rings. The maximum absolute atomic E-state index is 14.8. The first kappa shape index (κ1) is 25.2. The highest BCUT2D eigenvalue weighted by molar-refractivity contribution is 5.84.